The lowest BCUT2D eigenvalue weighted by atomic mass is 10.0. The van der Waals surface area contributed by atoms with Gasteiger partial charge in [-0.15, -0.1) is 0 Å². The van der Waals surface area contributed by atoms with Gasteiger partial charge in [-0.05, 0) is 25.0 Å². The largest absolute Gasteiger partial charge is 0.381 e. The van der Waals surface area contributed by atoms with Crippen molar-refractivity contribution in [3.8, 4) is 0 Å². The molecule has 7 heteroatoms. The number of hydrogen-bond acceptors (Lipinski definition) is 4. The van der Waals surface area contributed by atoms with Crippen LogP contribution >= 0.6 is 11.6 Å². The smallest absolute Gasteiger partial charge is 0.242 e. The van der Waals surface area contributed by atoms with Crippen molar-refractivity contribution in [2.75, 3.05) is 26.3 Å². The first-order chi connectivity index (χ1) is 10.1. The molecular weight excluding hydrogens is 312 g/mol. The molecule has 0 bridgehead atoms. The van der Waals surface area contributed by atoms with Crippen molar-refractivity contribution in [3.63, 3.8) is 0 Å². The predicted octanol–water partition coefficient (Wildman–Crippen LogP) is 1.48. The number of rotatable bonds is 4. The highest BCUT2D eigenvalue weighted by Gasteiger charge is 2.35. The SMILES string of the molecule is O=S(=O)(NC1CN(C2CCOCC2)C1)c1ccccc1Cl. The van der Waals surface area contributed by atoms with E-state index in [1.807, 2.05) is 0 Å². The van der Waals surface area contributed by atoms with Crippen LogP contribution in [0.25, 0.3) is 0 Å². The highest BCUT2D eigenvalue weighted by Crippen LogP contribution is 2.24. The minimum absolute atomic E-state index is 0.0332. The molecule has 1 N–H and O–H groups in total. The van der Waals surface area contributed by atoms with E-state index in [1.165, 1.54) is 6.07 Å². The maximum atomic E-state index is 12.3. The Hall–Kier alpha value is -0.660. The number of likely N-dealkylation sites (tertiary alicyclic amines) is 1. The Labute approximate surface area is 130 Å². The lowest BCUT2D eigenvalue weighted by molar-refractivity contribution is 0.000324. The lowest BCUT2D eigenvalue weighted by Gasteiger charge is -2.45. The molecular formula is C14H19ClN2O3S. The lowest BCUT2D eigenvalue weighted by Crippen LogP contribution is -2.62. The summed E-state index contributed by atoms with van der Waals surface area (Å²) in [6, 6.07) is 7.01. The van der Waals surface area contributed by atoms with E-state index in [0.717, 1.165) is 39.1 Å². The molecule has 0 saturated carbocycles. The van der Waals surface area contributed by atoms with Crippen molar-refractivity contribution >= 4 is 21.6 Å². The fourth-order valence-corrected chi connectivity index (χ4v) is 4.62. The monoisotopic (exact) mass is 330 g/mol. The summed E-state index contributed by atoms with van der Waals surface area (Å²) in [6.07, 6.45) is 2.06. The van der Waals surface area contributed by atoms with E-state index < -0.39 is 10.0 Å². The average molecular weight is 331 g/mol. The Morgan fingerprint density at radius 1 is 1.19 bits per heavy atom. The first-order valence-electron chi connectivity index (χ1n) is 7.15. The van der Waals surface area contributed by atoms with Crippen LogP contribution in [0.1, 0.15) is 12.8 Å². The molecule has 2 fully saturated rings. The molecule has 0 atom stereocenters. The van der Waals surface area contributed by atoms with Crippen LogP contribution in [0.3, 0.4) is 0 Å². The quantitative estimate of drug-likeness (QED) is 0.908. The normalized spacial score (nSPS) is 22.1. The average Bonchev–Trinajstić information content (AvgIpc) is 2.43. The number of halogens is 1. The maximum Gasteiger partial charge on any atom is 0.242 e. The third-order valence-corrected chi connectivity index (χ3v) is 6.09. The Balaban J connectivity index is 1.57. The van der Waals surface area contributed by atoms with Gasteiger partial charge < -0.3 is 4.74 Å². The Kier molecular flexibility index (Phi) is 4.51. The number of sulfonamides is 1. The van der Waals surface area contributed by atoms with Gasteiger partial charge in [-0.1, -0.05) is 23.7 Å². The van der Waals surface area contributed by atoms with E-state index in [9.17, 15) is 8.42 Å². The van der Waals surface area contributed by atoms with Crippen molar-refractivity contribution in [1.82, 2.24) is 9.62 Å². The fraction of sp³-hybridized carbons (Fsp3) is 0.571. The summed E-state index contributed by atoms with van der Waals surface area (Å²) in [7, 11) is -3.54. The van der Waals surface area contributed by atoms with E-state index in [4.69, 9.17) is 16.3 Å². The van der Waals surface area contributed by atoms with E-state index in [1.54, 1.807) is 18.2 Å². The molecule has 116 valence electrons. The van der Waals surface area contributed by atoms with Crippen molar-refractivity contribution in [2.24, 2.45) is 0 Å². The molecule has 0 spiro atoms. The van der Waals surface area contributed by atoms with Crippen LogP contribution in [0.2, 0.25) is 5.02 Å². The molecule has 21 heavy (non-hydrogen) atoms. The van der Waals surface area contributed by atoms with Crippen molar-refractivity contribution in [1.29, 1.82) is 0 Å². The van der Waals surface area contributed by atoms with Gasteiger partial charge in [0, 0.05) is 38.4 Å². The maximum absolute atomic E-state index is 12.3. The van der Waals surface area contributed by atoms with Crippen LogP contribution in [-0.4, -0.2) is 51.7 Å². The third kappa shape index (κ3) is 3.40. The van der Waals surface area contributed by atoms with Crippen LogP contribution in [0.15, 0.2) is 29.2 Å². The number of ether oxygens (including phenoxy) is 1. The number of nitrogens with one attached hydrogen (secondary N) is 1. The molecule has 0 aliphatic carbocycles. The second-order valence-electron chi connectivity index (χ2n) is 5.55. The summed E-state index contributed by atoms with van der Waals surface area (Å²) >= 11 is 5.96. The summed E-state index contributed by atoms with van der Waals surface area (Å²) in [6.45, 7) is 3.12. The topological polar surface area (TPSA) is 58.6 Å². The van der Waals surface area contributed by atoms with E-state index in [2.05, 4.69) is 9.62 Å². The van der Waals surface area contributed by atoms with E-state index in [0.29, 0.717) is 6.04 Å². The number of benzene rings is 1. The minimum atomic E-state index is -3.54. The summed E-state index contributed by atoms with van der Waals surface area (Å²) in [5.41, 5.74) is 0. The van der Waals surface area contributed by atoms with Gasteiger partial charge in [-0.3, -0.25) is 4.90 Å². The molecule has 5 nitrogen and oxygen atoms in total. The minimum Gasteiger partial charge on any atom is -0.381 e. The highest BCUT2D eigenvalue weighted by molar-refractivity contribution is 7.89. The summed E-state index contributed by atoms with van der Waals surface area (Å²) in [5.74, 6) is 0. The van der Waals surface area contributed by atoms with Gasteiger partial charge in [-0.25, -0.2) is 13.1 Å². The second kappa shape index (κ2) is 6.22. The Bertz CT molecular complexity index is 596. The van der Waals surface area contributed by atoms with Crippen LogP contribution in [0, 0.1) is 0 Å². The first-order valence-corrected chi connectivity index (χ1v) is 9.01. The molecule has 0 amide bonds. The van der Waals surface area contributed by atoms with Gasteiger partial charge in [0.05, 0.1) is 5.02 Å². The van der Waals surface area contributed by atoms with Gasteiger partial charge >= 0.3 is 0 Å². The van der Waals surface area contributed by atoms with Crippen LogP contribution < -0.4 is 4.72 Å². The third-order valence-electron chi connectivity index (χ3n) is 4.06. The Morgan fingerprint density at radius 3 is 2.52 bits per heavy atom. The zero-order chi connectivity index (χ0) is 14.9. The molecule has 2 saturated heterocycles. The van der Waals surface area contributed by atoms with Gasteiger partial charge in [-0.2, -0.15) is 0 Å². The molecule has 2 aliphatic rings. The van der Waals surface area contributed by atoms with Crippen LogP contribution in [0.4, 0.5) is 0 Å². The van der Waals surface area contributed by atoms with Crippen molar-refractivity contribution in [3.05, 3.63) is 29.3 Å². The summed E-state index contributed by atoms with van der Waals surface area (Å²) in [4.78, 5) is 2.47. The molecule has 3 rings (SSSR count). The highest BCUT2D eigenvalue weighted by atomic mass is 35.5. The summed E-state index contributed by atoms with van der Waals surface area (Å²) in [5, 5.41) is 0.255. The van der Waals surface area contributed by atoms with Gasteiger partial charge in [0.2, 0.25) is 10.0 Å². The van der Waals surface area contributed by atoms with Gasteiger partial charge in [0.25, 0.3) is 0 Å². The molecule has 2 aliphatic heterocycles. The van der Waals surface area contributed by atoms with Crippen LogP contribution in [0.5, 0.6) is 0 Å². The zero-order valence-electron chi connectivity index (χ0n) is 11.7. The molecule has 1 aromatic rings. The molecule has 1 aromatic carbocycles. The fourth-order valence-electron chi connectivity index (χ4n) is 2.88. The van der Waals surface area contributed by atoms with Gasteiger partial charge in [0.1, 0.15) is 4.90 Å². The van der Waals surface area contributed by atoms with E-state index >= 15 is 0 Å². The second-order valence-corrected chi connectivity index (χ2v) is 7.64. The number of hydrogen-bond donors (Lipinski definition) is 1. The summed E-state index contributed by atoms with van der Waals surface area (Å²) < 4.78 is 32.7. The molecule has 0 radical (unpaired) electrons. The molecule has 2 heterocycles. The van der Waals surface area contributed by atoms with Gasteiger partial charge in [0.15, 0.2) is 0 Å². The van der Waals surface area contributed by atoms with E-state index in [-0.39, 0.29) is 16.0 Å². The van der Waals surface area contributed by atoms with Crippen LogP contribution in [-0.2, 0) is 14.8 Å². The number of nitrogens with zero attached hydrogens (tertiary/aromatic N) is 1. The van der Waals surface area contributed by atoms with Crippen molar-refractivity contribution in [2.45, 2.75) is 29.8 Å². The Morgan fingerprint density at radius 2 is 1.86 bits per heavy atom. The van der Waals surface area contributed by atoms with Crippen molar-refractivity contribution < 1.29 is 13.2 Å². The molecule has 0 aromatic heterocycles. The standard InChI is InChI=1S/C14H19ClN2O3S/c15-13-3-1-2-4-14(13)21(18,19)16-11-9-17(10-11)12-5-7-20-8-6-12/h1-4,11-12,16H,5-10H2. The predicted molar refractivity (Wildman–Crippen MR) is 81.0 cm³/mol. The molecule has 0 unspecified atom stereocenters. The first kappa shape index (κ1) is 15.2. The zero-order valence-corrected chi connectivity index (χ0v) is 13.2.